The van der Waals surface area contributed by atoms with E-state index in [-0.39, 0.29) is 0 Å². The normalized spacial score (nSPS) is 14.0. The molecule has 0 aromatic heterocycles. The maximum absolute atomic E-state index is 10.6. The minimum Gasteiger partial charge on any atom is -0.215 e. The van der Waals surface area contributed by atoms with Gasteiger partial charge in [-0.2, -0.15) is 0 Å². The van der Waals surface area contributed by atoms with Gasteiger partial charge in [-0.05, 0) is 67.8 Å². The molecule has 0 unspecified atom stereocenters. The molecule has 0 aliphatic carbocycles. The molecule has 2 nitrogen and oxygen atoms in total. The molecule has 7 heteroatoms. The van der Waals surface area contributed by atoms with E-state index in [1.165, 1.54) is 21.2 Å². The van der Waals surface area contributed by atoms with Gasteiger partial charge >= 0.3 is 0 Å². The van der Waals surface area contributed by atoms with Crippen molar-refractivity contribution in [2.45, 2.75) is -1.23 Å². The molecule has 0 aliphatic rings. The Bertz CT molecular complexity index is 163. The van der Waals surface area contributed by atoms with Crippen LogP contribution in [0.1, 0.15) is 0 Å². The number of halogens is 4. The Hall–Kier alpha value is 2.87. The zero-order valence-corrected chi connectivity index (χ0v) is 12.7. The van der Waals surface area contributed by atoms with Gasteiger partial charge in [0, 0.05) is 0 Å². The van der Waals surface area contributed by atoms with E-state index in [0.717, 1.165) is 0 Å². The Morgan fingerprint density at radius 3 is 1.25 bits per heavy atom. The summed E-state index contributed by atoms with van der Waals surface area (Å²) in [7, 11) is -2.91. The predicted octanol–water partition coefficient (Wildman–Crippen LogP) is 2.67. The van der Waals surface area contributed by atoms with E-state index in [1.807, 2.05) is 67.8 Å². The fourth-order valence-electron chi connectivity index (χ4n) is 0. The van der Waals surface area contributed by atoms with Crippen LogP contribution < -0.4 is 0 Å². The second-order valence-corrected chi connectivity index (χ2v) is 19.1. The van der Waals surface area contributed by atoms with Gasteiger partial charge in [-0.25, -0.2) is 8.42 Å². The van der Waals surface area contributed by atoms with Crippen LogP contribution >= 0.6 is 89.0 Å². The van der Waals surface area contributed by atoms with Crippen molar-refractivity contribution in [3.05, 3.63) is 0 Å². The molecular formula is CI4O2S. The Morgan fingerprint density at radius 1 is 1.12 bits per heavy atom. The minimum atomic E-state index is -2.91. The fourth-order valence-corrected chi connectivity index (χ4v) is 0. The molecule has 0 aromatic carbocycles. The quantitative estimate of drug-likeness (QED) is 0.270. The van der Waals surface area contributed by atoms with Gasteiger partial charge in [-0.1, -0.05) is 0 Å². The topological polar surface area (TPSA) is 34.1 Å². The summed E-state index contributed by atoms with van der Waals surface area (Å²) < 4.78 is 20.5. The maximum Gasteiger partial charge on any atom is 0.236 e. The van der Waals surface area contributed by atoms with Gasteiger partial charge in [0.25, 0.3) is 0 Å². The van der Waals surface area contributed by atoms with Gasteiger partial charge in [-0.15, -0.1) is 0 Å². The van der Waals surface area contributed by atoms with Crippen molar-refractivity contribution in [2.24, 2.45) is 0 Å². The fraction of sp³-hybridized carbons (Fsp3) is 1.00. The summed E-state index contributed by atoms with van der Waals surface area (Å²) >= 11 is 7.02. The van der Waals surface area contributed by atoms with Crippen LogP contribution in [0, 0.1) is 0 Å². The summed E-state index contributed by atoms with van der Waals surface area (Å²) in [5.74, 6) is 0. The van der Waals surface area contributed by atoms with Crippen LogP contribution in [0.25, 0.3) is 0 Å². The van der Waals surface area contributed by atoms with Crippen LogP contribution in [0.3, 0.4) is 0 Å². The third kappa shape index (κ3) is 3.90. The Kier molecular flexibility index (Phi) is 4.77. The summed E-state index contributed by atoms with van der Waals surface area (Å²) in [4.78, 5) is 0. The summed E-state index contributed by atoms with van der Waals surface area (Å²) in [6.45, 7) is 0. The van der Waals surface area contributed by atoms with Crippen molar-refractivity contribution in [3.8, 4) is 0 Å². The van der Waals surface area contributed by atoms with Gasteiger partial charge in [0.05, 0.1) is 21.2 Å². The van der Waals surface area contributed by atoms with Gasteiger partial charge in [0.15, 0.2) is 0 Å². The van der Waals surface area contributed by atoms with E-state index in [9.17, 15) is 8.42 Å². The molecule has 0 aromatic rings. The molecule has 0 radical (unpaired) electrons. The zero-order valence-electron chi connectivity index (χ0n) is 3.24. The second-order valence-electron chi connectivity index (χ2n) is 0.884. The molecule has 0 rings (SSSR count). The number of alkyl halides is 3. The highest BCUT2D eigenvalue weighted by atomic mass is 127. The summed E-state index contributed by atoms with van der Waals surface area (Å²) in [5.41, 5.74) is 0. The van der Waals surface area contributed by atoms with Gasteiger partial charge in [0.2, 0.25) is 5.78 Å². The van der Waals surface area contributed by atoms with Crippen molar-refractivity contribution in [1.29, 1.82) is 0 Å². The monoisotopic (exact) mass is 584 g/mol. The summed E-state index contributed by atoms with van der Waals surface area (Å²) in [5, 5.41) is 0. The first kappa shape index (κ1) is 10.9. The SMILES string of the molecule is O=S(=O)(I)C(I)(I)I. The van der Waals surface area contributed by atoms with E-state index in [1.54, 1.807) is 0 Å². The molecule has 0 saturated carbocycles. The van der Waals surface area contributed by atoms with E-state index < -0.39 is 5.78 Å². The molecule has 0 spiro atoms. The molecule has 0 heterocycles. The average Bonchev–Trinajstić information content (AvgIpc) is 1.25. The average molecular weight is 584 g/mol. The van der Waals surface area contributed by atoms with Crippen LogP contribution in [0.5, 0.6) is 0 Å². The molecule has 0 N–H and O–H groups in total. The molecule has 0 bridgehead atoms. The first-order valence-electron chi connectivity index (χ1n) is 1.26. The Morgan fingerprint density at radius 2 is 1.25 bits per heavy atom. The molecule has 50 valence electrons. The lowest BCUT2D eigenvalue weighted by Crippen LogP contribution is -2.08. The highest BCUT2D eigenvalue weighted by molar-refractivity contribution is 14.3. The first-order chi connectivity index (χ1) is 3.25. The van der Waals surface area contributed by atoms with Crippen molar-refractivity contribution in [2.75, 3.05) is 0 Å². The predicted molar refractivity (Wildman–Crippen MR) is 67.7 cm³/mol. The molecule has 8 heavy (non-hydrogen) atoms. The first-order valence-corrected chi connectivity index (χ1v) is 8.52. The van der Waals surface area contributed by atoms with Crippen molar-refractivity contribution in [3.63, 3.8) is 0 Å². The van der Waals surface area contributed by atoms with Crippen molar-refractivity contribution >= 4 is 96.0 Å². The molecule has 0 atom stereocenters. The lowest BCUT2D eigenvalue weighted by atomic mass is 11.9. The zero-order chi connectivity index (χ0) is 7.00. The van der Waals surface area contributed by atoms with E-state index in [0.29, 0.717) is 0 Å². The largest absolute Gasteiger partial charge is 0.236 e. The van der Waals surface area contributed by atoms with Crippen LogP contribution in [0.4, 0.5) is 0 Å². The maximum atomic E-state index is 10.6. The minimum absolute atomic E-state index is 0.694. The van der Waals surface area contributed by atoms with E-state index >= 15 is 0 Å². The summed E-state index contributed by atoms with van der Waals surface area (Å²) in [6.07, 6.45) is 0. The number of rotatable bonds is 1. The standard InChI is InChI=1S/CI4O2S/c2-1(3,4)8(5,6)7. The molecule has 0 saturated heterocycles. The third-order valence-corrected chi connectivity index (χ3v) is 15.6. The van der Waals surface area contributed by atoms with Crippen LogP contribution in [0.2, 0.25) is 0 Å². The summed E-state index contributed by atoms with van der Waals surface area (Å²) in [6, 6.07) is 0. The number of hydrogen-bond acceptors (Lipinski definition) is 2. The Balaban J connectivity index is 4.53. The smallest absolute Gasteiger partial charge is 0.215 e. The van der Waals surface area contributed by atoms with Gasteiger partial charge < -0.3 is 0 Å². The molecular weight excluding hydrogens is 584 g/mol. The van der Waals surface area contributed by atoms with Crippen LogP contribution in [0.15, 0.2) is 0 Å². The van der Waals surface area contributed by atoms with Crippen LogP contribution in [-0.2, 0) is 7.01 Å². The van der Waals surface area contributed by atoms with Crippen LogP contribution in [-0.4, -0.2) is 7.19 Å². The third-order valence-electron chi connectivity index (χ3n) is 0.276. The van der Waals surface area contributed by atoms with Crippen molar-refractivity contribution in [1.82, 2.24) is 0 Å². The lowest BCUT2D eigenvalue weighted by molar-refractivity contribution is 0.616. The van der Waals surface area contributed by atoms with E-state index in [4.69, 9.17) is 0 Å². The molecule has 0 aliphatic heterocycles. The van der Waals surface area contributed by atoms with Crippen molar-refractivity contribution < 1.29 is 8.42 Å². The van der Waals surface area contributed by atoms with Gasteiger partial charge in [-0.3, -0.25) is 0 Å². The highest BCUT2D eigenvalue weighted by Gasteiger charge is 2.32. The second kappa shape index (κ2) is 3.51. The van der Waals surface area contributed by atoms with Gasteiger partial charge in [0.1, 0.15) is 0 Å². The molecule has 0 fully saturated rings. The van der Waals surface area contributed by atoms with E-state index in [2.05, 4.69) is 0 Å². The Labute approximate surface area is 101 Å². The highest BCUT2D eigenvalue weighted by Crippen LogP contribution is 2.44. The lowest BCUT2D eigenvalue weighted by Gasteiger charge is -2.05. The molecule has 0 amide bonds. The number of hydrogen-bond donors (Lipinski definition) is 0.